The van der Waals surface area contributed by atoms with Crippen LogP contribution < -0.4 is 4.74 Å². The van der Waals surface area contributed by atoms with Gasteiger partial charge >= 0.3 is 0 Å². The van der Waals surface area contributed by atoms with Crippen LogP contribution in [0.5, 0.6) is 5.75 Å². The lowest BCUT2D eigenvalue weighted by Gasteiger charge is -2.16. The van der Waals surface area contributed by atoms with E-state index >= 15 is 0 Å². The van der Waals surface area contributed by atoms with E-state index in [2.05, 4.69) is 85.0 Å². The first-order valence-electron chi connectivity index (χ1n) is 6.24. The zero-order valence-corrected chi connectivity index (χ0v) is 16.0. The predicted molar refractivity (Wildman–Crippen MR) is 94.9 cm³/mol. The standard InChI is InChI=1S/C16H15Br3O/c1-10-6-16(20-2)13(9-14(10)18)15(19)8-11-4-3-5-12(17)7-11/h3-7,9,15H,8H2,1-2H3. The van der Waals surface area contributed by atoms with Crippen molar-refractivity contribution in [2.45, 2.75) is 18.2 Å². The Morgan fingerprint density at radius 1 is 1.15 bits per heavy atom. The molecule has 0 N–H and O–H groups in total. The molecule has 0 amide bonds. The number of aryl methyl sites for hydroxylation is 1. The molecule has 0 aromatic heterocycles. The minimum absolute atomic E-state index is 0.212. The first-order chi connectivity index (χ1) is 9.51. The van der Waals surface area contributed by atoms with Gasteiger partial charge in [-0.2, -0.15) is 0 Å². The zero-order valence-electron chi connectivity index (χ0n) is 11.3. The van der Waals surface area contributed by atoms with Crippen molar-refractivity contribution in [3.8, 4) is 5.75 Å². The molecule has 4 heteroatoms. The van der Waals surface area contributed by atoms with Crippen molar-refractivity contribution in [3.05, 3.63) is 62.0 Å². The van der Waals surface area contributed by atoms with E-state index in [9.17, 15) is 0 Å². The minimum atomic E-state index is 0.212. The Bertz CT molecular complexity index is 611. The van der Waals surface area contributed by atoms with Crippen LogP contribution in [0.3, 0.4) is 0 Å². The Morgan fingerprint density at radius 2 is 1.90 bits per heavy atom. The first-order valence-corrected chi connectivity index (χ1v) is 8.74. The summed E-state index contributed by atoms with van der Waals surface area (Å²) >= 11 is 10.9. The molecule has 0 aliphatic rings. The molecular formula is C16H15Br3O. The van der Waals surface area contributed by atoms with Gasteiger partial charge in [0, 0.05) is 19.3 Å². The molecule has 2 rings (SSSR count). The topological polar surface area (TPSA) is 9.23 Å². The third-order valence-corrected chi connectivity index (χ3v) is 5.32. The average molecular weight is 463 g/mol. The van der Waals surface area contributed by atoms with E-state index in [0.717, 1.165) is 26.7 Å². The molecule has 0 heterocycles. The number of ether oxygens (including phenoxy) is 1. The predicted octanol–water partition coefficient (Wildman–Crippen LogP) is 6.21. The number of hydrogen-bond donors (Lipinski definition) is 0. The number of benzene rings is 2. The molecule has 2 aromatic carbocycles. The Labute approximate surface area is 145 Å². The van der Waals surface area contributed by atoms with Gasteiger partial charge < -0.3 is 4.74 Å². The summed E-state index contributed by atoms with van der Waals surface area (Å²) in [6.07, 6.45) is 0.908. The van der Waals surface area contributed by atoms with Gasteiger partial charge in [0.2, 0.25) is 0 Å². The normalized spacial score (nSPS) is 12.2. The third-order valence-electron chi connectivity index (χ3n) is 3.15. The first kappa shape index (κ1) is 16.1. The molecular weight excluding hydrogens is 448 g/mol. The summed E-state index contributed by atoms with van der Waals surface area (Å²) in [6.45, 7) is 2.06. The van der Waals surface area contributed by atoms with E-state index in [0.29, 0.717) is 0 Å². The van der Waals surface area contributed by atoms with Gasteiger partial charge in [-0.1, -0.05) is 59.9 Å². The second-order valence-corrected chi connectivity index (χ2v) is 7.52. The number of hydrogen-bond acceptors (Lipinski definition) is 1. The number of rotatable bonds is 4. The fraction of sp³-hybridized carbons (Fsp3) is 0.250. The van der Waals surface area contributed by atoms with E-state index in [1.807, 2.05) is 6.07 Å². The molecule has 0 aliphatic heterocycles. The quantitative estimate of drug-likeness (QED) is 0.491. The minimum Gasteiger partial charge on any atom is -0.496 e. The average Bonchev–Trinajstić information content (AvgIpc) is 2.41. The van der Waals surface area contributed by atoms with Gasteiger partial charge in [-0.05, 0) is 48.7 Å². The second-order valence-electron chi connectivity index (χ2n) is 4.64. The fourth-order valence-electron chi connectivity index (χ4n) is 2.07. The van der Waals surface area contributed by atoms with Gasteiger partial charge in [-0.15, -0.1) is 0 Å². The number of halogens is 3. The highest BCUT2D eigenvalue weighted by Crippen LogP contribution is 2.37. The van der Waals surface area contributed by atoms with E-state index < -0.39 is 0 Å². The molecule has 20 heavy (non-hydrogen) atoms. The van der Waals surface area contributed by atoms with Crippen LogP contribution in [0.1, 0.15) is 21.5 Å². The van der Waals surface area contributed by atoms with Crippen LogP contribution in [0.2, 0.25) is 0 Å². The van der Waals surface area contributed by atoms with Gasteiger partial charge in [0.25, 0.3) is 0 Å². The maximum absolute atomic E-state index is 5.50. The van der Waals surface area contributed by atoms with Crippen molar-refractivity contribution in [3.63, 3.8) is 0 Å². The van der Waals surface area contributed by atoms with Gasteiger partial charge in [-0.25, -0.2) is 0 Å². The van der Waals surface area contributed by atoms with Crippen molar-refractivity contribution in [2.24, 2.45) is 0 Å². The van der Waals surface area contributed by atoms with Crippen molar-refractivity contribution in [1.82, 2.24) is 0 Å². The highest BCUT2D eigenvalue weighted by Gasteiger charge is 2.15. The molecule has 1 unspecified atom stereocenters. The van der Waals surface area contributed by atoms with Gasteiger partial charge in [0.1, 0.15) is 5.75 Å². The third kappa shape index (κ3) is 3.86. The van der Waals surface area contributed by atoms with Crippen molar-refractivity contribution in [2.75, 3.05) is 7.11 Å². The molecule has 0 saturated carbocycles. The van der Waals surface area contributed by atoms with Crippen LogP contribution in [-0.2, 0) is 6.42 Å². The largest absolute Gasteiger partial charge is 0.496 e. The van der Waals surface area contributed by atoms with E-state index in [1.54, 1.807) is 7.11 Å². The second kappa shape index (κ2) is 7.10. The molecule has 1 atom stereocenters. The summed E-state index contributed by atoms with van der Waals surface area (Å²) in [5.74, 6) is 0.919. The van der Waals surface area contributed by atoms with Crippen LogP contribution >= 0.6 is 47.8 Å². The van der Waals surface area contributed by atoms with E-state index in [-0.39, 0.29) is 4.83 Å². The molecule has 0 aliphatic carbocycles. The number of methoxy groups -OCH3 is 1. The van der Waals surface area contributed by atoms with E-state index in [1.165, 1.54) is 11.1 Å². The lowest BCUT2D eigenvalue weighted by Crippen LogP contribution is -2.00. The molecule has 2 aromatic rings. The van der Waals surface area contributed by atoms with Gasteiger partial charge in [0.15, 0.2) is 0 Å². The summed E-state index contributed by atoms with van der Waals surface area (Å²) in [4.78, 5) is 0.212. The Morgan fingerprint density at radius 3 is 2.55 bits per heavy atom. The lowest BCUT2D eigenvalue weighted by molar-refractivity contribution is 0.409. The summed E-state index contributed by atoms with van der Waals surface area (Å²) in [7, 11) is 1.71. The summed E-state index contributed by atoms with van der Waals surface area (Å²) in [5.41, 5.74) is 3.61. The van der Waals surface area contributed by atoms with Crippen molar-refractivity contribution < 1.29 is 4.74 Å². The van der Waals surface area contributed by atoms with Crippen LogP contribution in [0.25, 0.3) is 0 Å². The fourth-order valence-corrected chi connectivity index (χ4v) is 3.61. The maximum atomic E-state index is 5.50. The van der Waals surface area contributed by atoms with Crippen LogP contribution in [0, 0.1) is 6.92 Å². The zero-order chi connectivity index (χ0) is 14.7. The molecule has 1 nitrogen and oxygen atoms in total. The maximum Gasteiger partial charge on any atom is 0.123 e. The molecule has 106 valence electrons. The molecule has 0 radical (unpaired) electrons. The summed E-state index contributed by atoms with van der Waals surface area (Å²) in [5, 5.41) is 0. The Hall–Kier alpha value is -0.320. The highest BCUT2D eigenvalue weighted by atomic mass is 79.9. The SMILES string of the molecule is COc1cc(C)c(Br)cc1C(Br)Cc1cccc(Br)c1. The van der Waals surface area contributed by atoms with Crippen molar-refractivity contribution in [1.29, 1.82) is 0 Å². The Balaban J connectivity index is 2.29. The Kier molecular flexibility index (Phi) is 5.70. The van der Waals surface area contributed by atoms with Gasteiger partial charge in [-0.3, -0.25) is 0 Å². The number of alkyl halides is 1. The lowest BCUT2D eigenvalue weighted by atomic mass is 10.0. The molecule has 0 saturated heterocycles. The molecule has 0 spiro atoms. The van der Waals surface area contributed by atoms with Gasteiger partial charge in [0.05, 0.1) is 7.11 Å². The molecule has 0 bridgehead atoms. The summed E-state index contributed by atoms with van der Waals surface area (Å²) in [6, 6.07) is 12.6. The van der Waals surface area contributed by atoms with E-state index in [4.69, 9.17) is 4.74 Å². The smallest absolute Gasteiger partial charge is 0.123 e. The van der Waals surface area contributed by atoms with Crippen LogP contribution in [-0.4, -0.2) is 7.11 Å². The summed E-state index contributed by atoms with van der Waals surface area (Å²) < 4.78 is 7.71. The van der Waals surface area contributed by atoms with Crippen molar-refractivity contribution >= 4 is 47.8 Å². The van der Waals surface area contributed by atoms with Crippen LogP contribution in [0.15, 0.2) is 45.3 Å². The highest BCUT2D eigenvalue weighted by molar-refractivity contribution is 9.11. The monoisotopic (exact) mass is 460 g/mol. The van der Waals surface area contributed by atoms with Crippen LogP contribution in [0.4, 0.5) is 0 Å². The molecule has 0 fully saturated rings.